The van der Waals surface area contributed by atoms with Gasteiger partial charge in [0, 0.05) is 24.2 Å². The summed E-state index contributed by atoms with van der Waals surface area (Å²) >= 11 is 1.76. The van der Waals surface area contributed by atoms with Crippen molar-refractivity contribution in [2.75, 3.05) is 5.75 Å². The molecular weight excluding hydrogens is 200 g/mol. The van der Waals surface area contributed by atoms with Gasteiger partial charge in [0.05, 0.1) is 0 Å². The number of carboxylic acid groups (broad SMARTS) is 1. The fourth-order valence-electron chi connectivity index (χ4n) is 1.26. The standard InChI is InChI=1S/C9H14N2O2S/c1-3-11-7(6-14-4-2)5-10-8(11)9(12)13/h5H,3-4,6H2,1-2H3,(H,12,13). The van der Waals surface area contributed by atoms with E-state index < -0.39 is 5.97 Å². The summed E-state index contributed by atoms with van der Waals surface area (Å²) in [5, 5.41) is 8.85. The van der Waals surface area contributed by atoms with Gasteiger partial charge in [0.2, 0.25) is 5.82 Å². The summed E-state index contributed by atoms with van der Waals surface area (Å²) in [5.74, 6) is 1.03. The van der Waals surface area contributed by atoms with E-state index in [1.807, 2.05) is 6.92 Å². The monoisotopic (exact) mass is 214 g/mol. The molecule has 0 atom stereocenters. The van der Waals surface area contributed by atoms with Crippen molar-refractivity contribution in [1.82, 2.24) is 9.55 Å². The van der Waals surface area contributed by atoms with Crippen molar-refractivity contribution in [3.05, 3.63) is 17.7 Å². The van der Waals surface area contributed by atoms with Gasteiger partial charge in [0.25, 0.3) is 0 Å². The molecule has 1 N–H and O–H groups in total. The topological polar surface area (TPSA) is 55.1 Å². The maximum Gasteiger partial charge on any atom is 0.372 e. The van der Waals surface area contributed by atoms with Crippen molar-refractivity contribution in [2.24, 2.45) is 0 Å². The van der Waals surface area contributed by atoms with Crippen LogP contribution >= 0.6 is 11.8 Å². The van der Waals surface area contributed by atoms with Crippen molar-refractivity contribution in [1.29, 1.82) is 0 Å². The predicted octanol–water partition coefficient (Wildman–Crippen LogP) is 1.85. The van der Waals surface area contributed by atoms with Crippen molar-refractivity contribution >= 4 is 17.7 Å². The Hall–Kier alpha value is -0.970. The van der Waals surface area contributed by atoms with Crippen LogP contribution in [0.2, 0.25) is 0 Å². The summed E-state index contributed by atoms with van der Waals surface area (Å²) < 4.78 is 1.74. The summed E-state index contributed by atoms with van der Waals surface area (Å²) in [5.41, 5.74) is 0.983. The van der Waals surface area contributed by atoms with Crippen LogP contribution < -0.4 is 0 Å². The van der Waals surface area contributed by atoms with E-state index in [0.29, 0.717) is 6.54 Å². The molecule has 1 aromatic rings. The number of thioether (sulfide) groups is 1. The third kappa shape index (κ3) is 2.29. The summed E-state index contributed by atoms with van der Waals surface area (Å²) in [6.07, 6.45) is 1.65. The number of rotatable bonds is 5. The van der Waals surface area contributed by atoms with Gasteiger partial charge in [0.1, 0.15) is 0 Å². The number of aromatic nitrogens is 2. The van der Waals surface area contributed by atoms with Crippen LogP contribution in [-0.4, -0.2) is 26.4 Å². The smallest absolute Gasteiger partial charge is 0.372 e. The third-order valence-electron chi connectivity index (χ3n) is 1.90. The van der Waals surface area contributed by atoms with E-state index in [4.69, 9.17) is 5.11 Å². The Balaban J connectivity index is 2.89. The quantitative estimate of drug-likeness (QED) is 0.812. The average molecular weight is 214 g/mol. The van der Waals surface area contributed by atoms with Gasteiger partial charge in [0.15, 0.2) is 0 Å². The molecule has 5 heteroatoms. The Kier molecular flexibility index (Phi) is 4.00. The number of aromatic carboxylic acids is 1. The molecule has 1 heterocycles. The molecule has 0 saturated heterocycles. The lowest BCUT2D eigenvalue weighted by molar-refractivity contribution is 0.0678. The number of imidazole rings is 1. The second-order valence-corrected chi connectivity index (χ2v) is 4.03. The zero-order valence-corrected chi connectivity index (χ0v) is 9.17. The van der Waals surface area contributed by atoms with Gasteiger partial charge >= 0.3 is 5.97 Å². The highest BCUT2D eigenvalue weighted by molar-refractivity contribution is 7.98. The summed E-state index contributed by atoms with van der Waals surface area (Å²) in [6, 6.07) is 0. The van der Waals surface area contributed by atoms with Crippen molar-refractivity contribution < 1.29 is 9.90 Å². The van der Waals surface area contributed by atoms with E-state index in [-0.39, 0.29) is 5.82 Å². The normalized spacial score (nSPS) is 10.4. The molecule has 0 radical (unpaired) electrons. The molecular formula is C9H14N2O2S. The van der Waals surface area contributed by atoms with Crippen LogP contribution in [0.4, 0.5) is 0 Å². The van der Waals surface area contributed by atoms with E-state index in [1.165, 1.54) is 0 Å². The van der Waals surface area contributed by atoms with Crippen molar-refractivity contribution in [3.8, 4) is 0 Å². The molecule has 0 saturated carbocycles. The lowest BCUT2D eigenvalue weighted by atomic mass is 10.5. The van der Waals surface area contributed by atoms with E-state index >= 15 is 0 Å². The molecule has 0 aliphatic heterocycles. The molecule has 0 unspecified atom stereocenters. The first kappa shape index (κ1) is 11.1. The number of hydrogen-bond donors (Lipinski definition) is 1. The van der Waals surface area contributed by atoms with E-state index in [2.05, 4.69) is 11.9 Å². The minimum atomic E-state index is -0.959. The van der Waals surface area contributed by atoms with Crippen LogP contribution in [0.1, 0.15) is 30.2 Å². The summed E-state index contributed by atoms with van der Waals surface area (Å²) in [4.78, 5) is 14.7. The van der Waals surface area contributed by atoms with Crippen molar-refractivity contribution in [3.63, 3.8) is 0 Å². The third-order valence-corrected chi connectivity index (χ3v) is 2.81. The number of nitrogens with zero attached hydrogens (tertiary/aromatic N) is 2. The van der Waals surface area contributed by atoms with Gasteiger partial charge in [-0.15, -0.1) is 0 Å². The van der Waals surface area contributed by atoms with Gasteiger partial charge in [-0.1, -0.05) is 6.92 Å². The van der Waals surface area contributed by atoms with Crippen LogP contribution in [0.25, 0.3) is 0 Å². The molecule has 0 aromatic carbocycles. The Labute approximate surface area is 87.3 Å². The lowest BCUT2D eigenvalue weighted by Crippen LogP contribution is -2.10. The molecule has 4 nitrogen and oxygen atoms in total. The average Bonchev–Trinajstić information content (AvgIpc) is 2.57. The maximum atomic E-state index is 10.8. The van der Waals surface area contributed by atoms with E-state index in [9.17, 15) is 4.79 Å². The molecule has 0 fully saturated rings. The molecule has 14 heavy (non-hydrogen) atoms. The second kappa shape index (κ2) is 5.05. The number of carbonyl (C=O) groups is 1. The first-order chi connectivity index (χ1) is 6.70. The van der Waals surface area contributed by atoms with Crippen LogP contribution in [0, 0.1) is 0 Å². The van der Waals surface area contributed by atoms with Gasteiger partial charge in [-0.3, -0.25) is 0 Å². The number of carboxylic acids is 1. The van der Waals surface area contributed by atoms with Gasteiger partial charge in [-0.25, -0.2) is 9.78 Å². The van der Waals surface area contributed by atoms with Crippen LogP contribution in [0.15, 0.2) is 6.20 Å². The molecule has 1 aromatic heterocycles. The largest absolute Gasteiger partial charge is 0.475 e. The molecule has 0 bridgehead atoms. The fraction of sp³-hybridized carbons (Fsp3) is 0.556. The van der Waals surface area contributed by atoms with E-state index in [1.54, 1.807) is 22.5 Å². The lowest BCUT2D eigenvalue weighted by Gasteiger charge is -2.05. The summed E-state index contributed by atoms with van der Waals surface area (Å²) in [6.45, 7) is 4.66. The second-order valence-electron chi connectivity index (χ2n) is 2.76. The molecule has 78 valence electrons. The molecule has 0 amide bonds. The minimum Gasteiger partial charge on any atom is -0.475 e. The molecule has 0 aliphatic rings. The van der Waals surface area contributed by atoms with Gasteiger partial charge in [-0.2, -0.15) is 11.8 Å². The fourth-order valence-corrected chi connectivity index (χ4v) is 1.90. The Morgan fingerprint density at radius 3 is 2.86 bits per heavy atom. The molecule has 0 spiro atoms. The minimum absolute atomic E-state index is 0.138. The first-order valence-corrected chi connectivity index (χ1v) is 5.71. The van der Waals surface area contributed by atoms with Gasteiger partial charge < -0.3 is 9.67 Å². The van der Waals surface area contributed by atoms with Crippen LogP contribution in [0.5, 0.6) is 0 Å². The van der Waals surface area contributed by atoms with Gasteiger partial charge in [-0.05, 0) is 12.7 Å². The predicted molar refractivity (Wildman–Crippen MR) is 56.7 cm³/mol. The highest BCUT2D eigenvalue weighted by atomic mass is 32.2. The Bertz CT molecular complexity index is 323. The number of hydrogen-bond acceptors (Lipinski definition) is 3. The Morgan fingerprint density at radius 1 is 1.64 bits per heavy atom. The highest BCUT2D eigenvalue weighted by Crippen LogP contribution is 2.13. The zero-order chi connectivity index (χ0) is 10.6. The van der Waals surface area contributed by atoms with Crippen LogP contribution in [0.3, 0.4) is 0 Å². The van der Waals surface area contributed by atoms with Crippen LogP contribution in [-0.2, 0) is 12.3 Å². The summed E-state index contributed by atoms with van der Waals surface area (Å²) in [7, 11) is 0. The SMILES string of the molecule is CCSCc1cnc(C(=O)O)n1CC. The first-order valence-electron chi connectivity index (χ1n) is 4.56. The molecule has 1 rings (SSSR count). The Morgan fingerprint density at radius 2 is 2.36 bits per heavy atom. The zero-order valence-electron chi connectivity index (χ0n) is 8.36. The highest BCUT2D eigenvalue weighted by Gasteiger charge is 2.13. The van der Waals surface area contributed by atoms with E-state index in [0.717, 1.165) is 17.2 Å². The molecule has 0 aliphatic carbocycles. The maximum absolute atomic E-state index is 10.8. The van der Waals surface area contributed by atoms with Crippen molar-refractivity contribution in [2.45, 2.75) is 26.1 Å².